The van der Waals surface area contributed by atoms with Gasteiger partial charge in [0.25, 0.3) is 0 Å². The third kappa shape index (κ3) is 6.31. The smallest absolute Gasteiger partial charge is 0.244 e. The van der Waals surface area contributed by atoms with Gasteiger partial charge in [0.15, 0.2) is 0 Å². The van der Waals surface area contributed by atoms with Gasteiger partial charge < -0.3 is 15.2 Å². The summed E-state index contributed by atoms with van der Waals surface area (Å²) in [5, 5.41) is 11.8. The van der Waals surface area contributed by atoms with Gasteiger partial charge in [-0.25, -0.2) is 0 Å². The zero-order chi connectivity index (χ0) is 15.7. The molecule has 1 amide bonds. The zero-order valence-electron chi connectivity index (χ0n) is 12.4. The number of hydrogen-bond acceptors (Lipinski definition) is 3. The molecule has 1 aromatic carbocycles. The lowest BCUT2D eigenvalue weighted by Crippen LogP contribution is -2.28. The SMILES string of the molecule is CCC(CCO)CNC(=O)/C=C/c1cc(Br)ccc1OC. The number of aliphatic hydroxyl groups is 1. The summed E-state index contributed by atoms with van der Waals surface area (Å²) in [5.74, 6) is 0.884. The second kappa shape index (κ2) is 9.58. The second-order valence-electron chi connectivity index (χ2n) is 4.75. The summed E-state index contributed by atoms with van der Waals surface area (Å²) in [7, 11) is 1.60. The molecule has 116 valence electrons. The minimum Gasteiger partial charge on any atom is -0.496 e. The van der Waals surface area contributed by atoms with E-state index in [0.717, 1.165) is 16.5 Å². The van der Waals surface area contributed by atoms with Gasteiger partial charge in [-0.1, -0.05) is 29.3 Å². The van der Waals surface area contributed by atoms with Gasteiger partial charge in [-0.15, -0.1) is 0 Å². The van der Waals surface area contributed by atoms with Crippen molar-refractivity contribution in [1.82, 2.24) is 5.32 Å². The average molecular weight is 356 g/mol. The van der Waals surface area contributed by atoms with E-state index < -0.39 is 0 Å². The van der Waals surface area contributed by atoms with Crippen LogP contribution >= 0.6 is 15.9 Å². The van der Waals surface area contributed by atoms with Crippen molar-refractivity contribution < 1.29 is 14.6 Å². The molecular formula is C16H22BrNO3. The highest BCUT2D eigenvalue weighted by Crippen LogP contribution is 2.24. The number of aliphatic hydroxyl groups excluding tert-OH is 1. The van der Waals surface area contributed by atoms with Crippen LogP contribution in [0, 0.1) is 5.92 Å². The lowest BCUT2D eigenvalue weighted by molar-refractivity contribution is -0.116. The van der Waals surface area contributed by atoms with E-state index in [1.54, 1.807) is 13.2 Å². The van der Waals surface area contributed by atoms with Crippen LogP contribution in [-0.2, 0) is 4.79 Å². The van der Waals surface area contributed by atoms with Crippen LogP contribution in [0.3, 0.4) is 0 Å². The summed E-state index contributed by atoms with van der Waals surface area (Å²) in [4.78, 5) is 11.8. The van der Waals surface area contributed by atoms with E-state index >= 15 is 0 Å². The molecule has 1 atom stereocenters. The predicted molar refractivity (Wildman–Crippen MR) is 88.2 cm³/mol. The number of hydrogen-bond donors (Lipinski definition) is 2. The summed E-state index contributed by atoms with van der Waals surface area (Å²) in [6, 6.07) is 5.62. The third-order valence-electron chi connectivity index (χ3n) is 3.29. The first kappa shape index (κ1) is 17.7. The maximum atomic E-state index is 11.8. The lowest BCUT2D eigenvalue weighted by Gasteiger charge is -2.13. The van der Waals surface area contributed by atoms with Crippen molar-refractivity contribution in [2.24, 2.45) is 5.92 Å². The van der Waals surface area contributed by atoms with Gasteiger partial charge >= 0.3 is 0 Å². The van der Waals surface area contributed by atoms with Crippen molar-refractivity contribution in [3.8, 4) is 5.75 Å². The number of ether oxygens (including phenoxy) is 1. The molecule has 0 spiro atoms. The first-order valence-corrected chi connectivity index (χ1v) is 7.80. The molecule has 21 heavy (non-hydrogen) atoms. The Morgan fingerprint density at radius 1 is 1.52 bits per heavy atom. The van der Waals surface area contributed by atoms with Crippen LogP contribution in [0.15, 0.2) is 28.7 Å². The highest BCUT2D eigenvalue weighted by Gasteiger charge is 2.07. The van der Waals surface area contributed by atoms with Crippen molar-refractivity contribution in [3.05, 3.63) is 34.3 Å². The van der Waals surface area contributed by atoms with E-state index in [0.29, 0.717) is 24.6 Å². The van der Waals surface area contributed by atoms with E-state index in [9.17, 15) is 4.79 Å². The van der Waals surface area contributed by atoms with Crippen molar-refractivity contribution in [1.29, 1.82) is 0 Å². The second-order valence-corrected chi connectivity index (χ2v) is 5.67. The van der Waals surface area contributed by atoms with Crippen LogP contribution in [0.1, 0.15) is 25.3 Å². The molecule has 1 aromatic rings. The standard InChI is InChI=1S/C16H22BrNO3/c1-3-12(8-9-19)11-18-16(20)7-4-13-10-14(17)5-6-15(13)21-2/h4-7,10,12,19H,3,8-9,11H2,1-2H3,(H,18,20)/b7-4+. The molecule has 2 N–H and O–H groups in total. The first-order valence-electron chi connectivity index (χ1n) is 7.01. The van der Waals surface area contributed by atoms with Crippen LogP contribution in [0.2, 0.25) is 0 Å². The Labute approximate surface area is 134 Å². The molecule has 0 heterocycles. The molecule has 0 radical (unpaired) electrons. The molecule has 5 heteroatoms. The fourth-order valence-corrected chi connectivity index (χ4v) is 2.32. The van der Waals surface area contributed by atoms with Crippen LogP contribution < -0.4 is 10.1 Å². The molecule has 0 saturated carbocycles. The predicted octanol–water partition coefficient (Wildman–Crippen LogP) is 3.00. The Balaban J connectivity index is 2.60. The van der Waals surface area contributed by atoms with Gasteiger partial charge in [0.05, 0.1) is 7.11 Å². The monoisotopic (exact) mass is 355 g/mol. The highest BCUT2D eigenvalue weighted by molar-refractivity contribution is 9.10. The largest absolute Gasteiger partial charge is 0.496 e. The molecule has 0 saturated heterocycles. The topological polar surface area (TPSA) is 58.6 Å². The molecule has 0 aliphatic heterocycles. The van der Waals surface area contributed by atoms with Gasteiger partial charge in [-0.3, -0.25) is 4.79 Å². The van der Waals surface area contributed by atoms with Crippen LogP contribution in [0.5, 0.6) is 5.75 Å². The van der Waals surface area contributed by atoms with Crippen molar-refractivity contribution in [3.63, 3.8) is 0 Å². The van der Waals surface area contributed by atoms with Crippen LogP contribution in [0.25, 0.3) is 6.08 Å². The number of amides is 1. The van der Waals surface area contributed by atoms with Gasteiger partial charge in [-0.05, 0) is 36.6 Å². The van der Waals surface area contributed by atoms with Crippen LogP contribution in [0.4, 0.5) is 0 Å². The number of benzene rings is 1. The highest BCUT2D eigenvalue weighted by atomic mass is 79.9. The molecule has 0 fully saturated rings. The fraction of sp³-hybridized carbons (Fsp3) is 0.438. The number of carbonyl (C=O) groups excluding carboxylic acids is 1. The van der Waals surface area contributed by atoms with E-state index in [2.05, 4.69) is 28.2 Å². The number of halogens is 1. The van der Waals surface area contributed by atoms with Gasteiger partial charge in [0, 0.05) is 29.3 Å². The molecule has 0 aliphatic rings. The fourth-order valence-electron chi connectivity index (χ4n) is 1.94. The van der Waals surface area contributed by atoms with Crippen molar-refractivity contribution in [2.45, 2.75) is 19.8 Å². The minimum absolute atomic E-state index is 0.145. The molecule has 1 unspecified atom stereocenters. The Hall–Kier alpha value is -1.33. The van der Waals surface area contributed by atoms with Crippen molar-refractivity contribution >= 4 is 27.9 Å². The summed E-state index contributed by atoms with van der Waals surface area (Å²) in [5.41, 5.74) is 0.837. The van der Waals surface area contributed by atoms with Crippen molar-refractivity contribution in [2.75, 3.05) is 20.3 Å². The molecule has 0 bridgehead atoms. The summed E-state index contributed by atoms with van der Waals surface area (Å²) < 4.78 is 6.18. The van der Waals surface area contributed by atoms with E-state index in [4.69, 9.17) is 9.84 Å². The van der Waals surface area contributed by atoms with Gasteiger partial charge in [0.1, 0.15) is 5.75 Å². The Kier molecular flexibility index (Phi) is 8.08. The van der Waals surface area contributed by atoms with E-state index in [-0.39, 0.29) is 12.5 Å². The normalized spacial score (nSPS) is 12.4. The first-order chi connectivity index (χ1) is 10.1. The van der Waals surface area contributed by atoms with Gasteiger partial charge in [0.2, 0.25) is 5.91 Å². The quantitative estimate of drug-likeness (QED) is 0.704. The maximum absolute atomic E-state index is 11.8. The van der Waals surface area contributed by atoms with Gasteiger partial charge in [-0.2, -0.15) is 0 Å². The number of nitrogens with one attached hydrogen (secondary N) is 1. The number of carbonyl (C=O) groups is 1. The number of methoxy groups -OCH3 is 1. The minimum atomic E-state index is -0.145. The Morgan fingerprint density at radius 2 is 2.29 bits per heavy atom. The zero-order valence-corrected chi connectivity index (χ0v) is 14.0. The third-order valence-corrected chi connectivity index (χ3v) is 3.78. The maximum Gasteiger partial charge on any atom is 0.244 e. The average Bonchev–Trinajstić information content (AvgIpc) is 2.49. The van der Waals surface area contributed by atoms with E-state index in [1.807, 2.05) is 18.2 Å². The molecular weight excluding hydrogens is 334 g/mol. The Morgan fingerprint density at radius 3 is 2.90 bits per heavy atom. The Bertz CT molecular complexity index is 488. The number of rotatable bonds is 8. The molecule has 4 nitrogen and oxygen atoms in total. The molecule has 0 aromatic heterocycles. The van der Waals surface area contributed by atoms with E-state index in [1.165, 1.54) is 6.08 Å². The van der Waals surface area contributed by atoms with Crippen LogP contribution in [-0.4, -0.2) is 31.3 Å². The summed E-state index contributed by atoms with van der Waals surface area (Å²) in [6.07, 6.45) is 4.87. The molecule has 1 rings (SSSR count). The summed E-state index contributed by atoms with van der Waals surface area (Å²) in [6.45, 7) is 2.78. The summed E-state index contributed by atoms with van der Waals surface area (Å²) >= 11 is 3.40. The molecule has 0 aliphatic carbocycles. The lowest BCUT2D eigenvalue weighted by atomic mass is 10.0.